The molecule has 2 fully saturated rings. The minimum Gasteiger partial charge on any atom is -0.497 e. The average molecular weight is 568 g/mol. The van der Waals surface area contributed by atoms with Crippen molar-refractivity contribution in [1.82, 2.24) is 9.78 Å². The van der Waals surface area contributed by atoms with Gasteiger partial charge < -0.3 is 14.4 Å². The molecule has 40 heavy (non-hydrogen) atoms. The van der Waals surface area contributed by atoms with E-state index in [0.29, 0.717) is 23.5 Å². The van der Waals surface area contributed by atoms with Gasteiger partial charge in [0.15, 0.2) is 11.5 Å². The summed E-state index contributed by atoms with van der Waals surface area (Å²) < 4.78 is 50.8. The molecule has 0 atom stereocenters. The van der Waals surface area contributed by atoms with E-state index in [1.165, 1.54) is 30.2 Å². The van der Waals surface area contributed by atoms with E-state index in [2.05, 4.69) is 5.10 Å². The Kier molecular flexibility index (Phi) is 6.06. The Morgan fingerprint density at radius 1 is 1.10 bits per heavy atom. The summed E-state index contributed by atoms with van der Waals surface area (Å²) in [4.78, 5) is 28.7. The van der Waals surface area contributed by atoms with Gasteiger partial charge in [0.25, 0.3) is 5.91 Å². The lowest BCUT2D eigenvalue weighted by Gasteiger charge is -2.33. The number of anilines is 1. The van der Waals surface area contributed by atoms with Crippen LogP contribution in [-0.2, 0) is 25.4 Å². The Bertz CT molecular complexity index is 1640. The third-order valence-corrected chi connectivity index (χ3v) is 9.29. The highest BCUT2D eigenvalue weighted by Gasteiger charge is 2.56. The molecule has 0 bridgehead atoms. The predicted octanol–water partition coefficient (Wildman–Crippen LogP) is 3.96. The molecule has 0 saturated heterocycles. The number of rotatable bonds is 8. The Labute approximate surface area is 231 Å². The summed E-state index contributed by atoms with van der Waals surface area (Å²) in [6.07, 6.45) is 4.33. The number of sulfone groups is 1. The molecule has 3 aromatic rings. The number of halogens is 1. The smallest absolute Gasteiger partial charge is 0.359 e. The van der Waals surface area contributed by atoms with Crippen LogP contribution in [0.15, 0.2) is 42.5 Å². The molecular formula is C29H30FN3O6S. The largest absolute Gasteiger partial charge is 0.497 e. The average Bonchev–Trinajstić information content (AvgIpc) is 3.83. The van der Waals surface area contributed by atoms with Crippen molar-refractivity contribution in [2.75, 3.05) is 37.2 Å². The highest BCUT2D eigenvalue weighted by Crippen LogP contribution is 2.55. The van der Waals surface area contributed by atoms with E-state index in [0.717, 1.165) is 31.2 Å². The third-order valence-electron chi connectivity index (χ3n) is 8.21. The molecule has 0 N–H and O–H groups in total. The van der Waals surface area contributed by atoms with Crippen LogP contribution in [0.4, 0.5) is 10.1 Å². The zero-order chi connectivity index (χ0) is 28.4. The van der Waals surface area contributed by atoms with Crippen molar-refractivity contribution in [3.63, 3.8) is 0 Å². The molecule has 0 unspecified atom stereocenters. The second-order valence-corrected chi connectivity index (χ2v) is 13.2. The van der Waals surface area contributed by atoms with Crippen molar-refractivity contribution in [1.29, 1.82) is 0 Å². The maximum Gasteiger partial charge on any atom is 0.359 e. The van der Waals surface area contributed by atoms with Gasteiger partial charge in [-0.1, -0.05) is 12.1 Å². The SMILES string of the molecule is CCOC(=O)c1nn(-c2ccc(OC)cc2F)c2c1C1(CC1)CN(c1ccc(C3(CS(C)(=O)=O)CC3)cc1)C2=O. The number of ether oxygens (including phenoxy) is 2. The zero-order valence-corrected chi connectivity index (χ0v) is 23.4. The number of amides is 1. The number of esters is 1. The van der Waals surface area contributed by atoms with E-state index >= 15 is 4.39 Å². The fraction of sp³-hybridized carbons (Fsp3) is 0.414. The first kappa shape index (κ1) is 26.5. The Hall–Kier alpha value is -3.73. The van der Waals surface area contributed by atoms with Gasteiger partial charge in [-0.15, -0.1) is 0 Å². The van der Waals surface area contributed by atoms with E-state index in [4.69, 9.17) is 9.47 Å². The van der Waals surface area contributed by atoms with Crippen molar-refractivity contribution in [2.45, 2.75) is 43.4 Å². The van der Waals surface area contributed by atoms with Crippen molar-refractivity contribution in [3.8, 4) is 11.4 Å². The number of benzene rings is 2. The van der Waals surface area contributed by atoms with Gasteiger partial charge >= 0.3 is 5.97 Å². The molecule has 2 aliphatic carbocycles. The molecule has 1 spiro atoms. The first-order valence-electron chi connectivity index (χ1n) is 13.3. The third kappa shape index (κ3) is 4.36. The quantitative estimate of drug-likeness (QED) is 0.379. The van der Waals surface area contributed by atoms with Crippen LogP contribution in [0.5, 0.6) is 5.75 Å². The van der Waals surface area contributed by atoms with Gasteiger partial charge in [-0.05, 0) is 62.4 Å². The van der Waals surface area contributed by atoms with Gasteiger partial charge in [-0.3, -0.25) is 4.79 Å². The van der Waals surface area contributed by atoms with E-state index in [1.54, 1.807) is 17.9 Å². The fourth-order valence-electron chi connectivity index (χ4n) is 5.93. The second-order valence-electron chi connectivity index (χ2n) is 11.1. The number of carbonyl (C=O) groups excluding carboxylic acids is 2. The van der Waals surface area contributed by atoms with Gasteiger partial charge in [-0.2, -0.15) is 5.10 Å². The summed E-state index contributed by atoms with van der Waals surface area (Å²) in [5.74, 6) is -1.30. The standard InChI is InChI=1S/C29H30FN3O6S/c1-4-39-27(35)24-23-25(33(31-24)22-10-9-20(38-2)15-21(22)30)26(34)32(16-28(23)11-12-28)19-7-5-18(6-8-19)29(13-14-29)17-40(3,36)37/h5-10,15H,4,11-14,16-17H2,1-3H3. The van der Waals surface area contributed by atoms with Crippen LogP contribution in [0.3, 0.4) is 0 Å². The van der Waals surface area contributed by atoms with Crippen LogP contribution in [0.25, 0.3) is 5.69 Å². The molecule has 11 heteroatoms. The summed E-state index contributed by atoms with van der Waals surface area (Å²) in [5, 5.41) is 4.46. The number of hydrogen-bond donors (Lipinski definition) is 0. The van der Waals surface area contributed by atoms with Crippen molar-refractivity contribution >= 4 is 27.4 Å². The molecule has 9 nitrogen and oxygen atoms in total. The molecule has 2 heterocycles. The lowest BCUT2D eigenvalue weighted by Crippen LogP contribution is -2.44. The predicted molar refractivity (Wildman–Crippen MR) is 146 cm³/mol. The molecule has 210 valence electrons. The van der Waals surface area contributed by atoms with Crippen LogP contribution < -0.4 is 9.64 Å². The Morgan fingerprint density at radius 3 is 2.35 bits per heavy atom. The normalized spacial score (nSPS) is 18.4. The highest BCUT2D eigenvalue weighted by atomic mass is 32.2. The first-order valence-corrected chi connectivity index (χ1v) is 15.3. The fourth-order valence-corrected chi connectivity index (χ4v) is 7.39. The van der Waals surface area contributed by atoms with E-state index in [1.807, 2.05) is 24.3 Å². The van der Waals surface area contributed by atoms with E-state index < -0.39 is 32.9 Å². The number of nitrogens with zero attached hydrogens (tertiary/aromatic N) is 3. The first-order chi connectivity index (χ1) is 19.0. The Morgan fingerprint density at radius 2 is 1.80 bits per heavy atom. The van der Waals surface area contributed by atoms with Crippen LogP contribution in [0, 0.1) is 5.82 Å². The molecule has 3 aliphatic rings. The zero-order valence-electron chi connectivity index (χ0n) is 22.6. The van der Waals surface area contributed by atoms with Gasteiger partial charge in [0.2, 0.25) is 0 Å². The van der Waals surface area contributed by atoms with Crippen molar-refractivity contribution < 1.29 is 31.9 Å². The second kappa shape index (κ2) is 9.15. The summed E-state index contributed by atoms with van der Waals surface area (Å²) in [5.41, 5.74) is 1.39. The topological polar surface area (TPSA) is 108 Å². The van der Waals surface area contributed by atoms with Gasteiger partial charge in [0, 0.05) is 40.9 Å². The number of aromatic nitrogens is 2. The maximum atomic E-state index is 15.3. The maximum absolute atomic E-state index is 15.3. The lowest BCUT2D eigenvalue weighted by atomic mass is 9.88. The molecule has 2 saturated carbocycles. The van der Waals surface area contributed by atoms with Crippen LogP contribution in [0.1, 0.15) is 64.7 Å². The Balaban J connectivity index is 1.44. The number of fused-ring (bicyclic) bond motifs is 2. The lowest BCUT2D eigenvalue weighted by molar-refractivity contribution is 0.0516. The van der Waals surface area contributed by atoms with Crippen LogP contribution in [0.2, 0.25) is 0 Å². The molecule has 6 rings (SSSR count). The molecule has 1 aromatic heterocycles. The van der Waals surface area contributed by atoms with Gasteiger partial charge in [-0.25, -0.2) is 22.3 Å². The molecular weight excluding hydrogens is 537 g/mol. The monoisotopic (exact) mass is 567 g/mol. The van der Waals surface area contributed by atoms with Crippen molar-refractivity contribution in [3.05, 3.63) is 70.8 Å². The van der Waals surface area contributed by atoms with E-state index in [-0.39, 0.29) is 34.8 Å². The molecule has 2 aromatic carbocycles. The summed E-state index contributed by atoms with van der Waals surface area (Å²) in [7, 11) is -1.72. The van der Waals surface area contributed by atoms with Crippen molar-refractivity contribution in [2.24, 2.45) is 0 Å². The highest BCUT2D eigenvalue weighted by molar-refractivity contribution is 7.90. The van der Waals surface area contributed by atoms with Gasteiger partial charge in [0.05, 0.1) is 19.5 Å². The van der Waals surface area contributed by atoms with E-state index in [9.17, 15) is 18.0 Å². The number of carbonyl (C=O) groups is 2. The summed E-state index contributed by atoms with van der Waals surface area (Å²) >= 11 is 0. The minimum absolute atomic E-state index is 0.0189. The molecule has 0 radical (unpaired) electrons. The molecule has 1 amide bonds. The number of hydrogen-bond acceptors (Lipinski definition) is 7. The van der Waals surface area contributed by atoms with Gasteiger partial charge in [0.1, 0.15) is 27.0 Å². The summed E-state index contributed by atoms with van der Waals surface area (Å²) in [6, 6.07) is 11.7. The summed E-state index contributed by atoms with van der Waals surface area (Å²) in [6.45, 7) is 2.17. The number of methoxy groups -OCH3 is 1. The molecule has 1 aliphatic heterocycles. The minimum atomic E-state index is -3.15. The van der Waals surface area contributed by atoms with Crippen LogP contribution in [-0.4, -0.2) is 62.3 Å². The van der Waals surface area contributed by atoms with Crippen LogP contribution >= 0.6 is 0 Å².